The van der Waals surface area contributed by atoms with Crippen molar-refractivity contribution in [1.29, 1.82) is 0 Å². The molecule has 5 nitrogen and oxygen atoms in total. The predicted molar refractivity (Wildman–Crippen MR) is 154 cm³/mol. The number of nitrogens with zero attached hydrogens (tertiary/aromatic N) is 1. The quantitative estimate of drug-likeness (QED) is 0.348. The van der Waals surface area contributed by atoms with Crippen LogP contribution in [0.3, 0.4) is 0 Å². The van der Waals surface area contributed by atoms with E-state index in [1.807, 2.05) is 12.3 Å². The molecule has 1 aromatic rings. The van der Waals surface area contributed by atoms with Crippen molar-refractivity contribution in [2.24, 2.45) is 28.6 Å². The predicted octanol–water partition coefficient (Wildman–Crippen LogP) is 7.10. The highest BCUT2D eigenvalue weighted by atomic mass is 16.5. The Morgan fingerprint density at radius 1 is 1.13 bits per heavy atom. The van der Waals surface area contributed by atoms with Crippen LogP contribution < -0.4 is 10.1 Å². The van der Waals surface area contributed by atoms with E-state index in [-0.39, 0.29) is 23.0 Å². The average molecular weight is 535 g/mol. The van der Waals surface area contributed by atoms with Crippen molar-refractivity contribution < 1.29 is 14.6 Å². The van der Waals surface area contributed by atoms with E-state index in [0.29, 0.717) is 42.6 Å². The van der Waals surface area contributed by atoms with Crippen LogP contribution in [0.1, 0.15) is 122 Å². The van der Waals surface area contributed by atoms with E-state index >= 15 is 0 Å². The van der Waals surface area contributed by atoms with Crippen LogP contribution in [0.25, 0.3) is 0 Å². The first-order valence-corrected chi connectivity index (χ1v) is 16.2. The molecule has 5 aliphatic rings. The fourth-order valence-corrected chi connectivity index (χ4v) is 9.77. The number of aliphatic hydroxyl groups excluding tert-OH is 1. The highest BCUT2D eigenvalue weighted by molar-refractivity contribution is 5.82. The first kappa shape index (κ1) is 27.4. The standard InChI is InChI=1S/C34H50N2O3/c1-3-30(36-24-7-5-4-6-8-24)31-22-26(15-19-35-31)39-20-18-34-17-14-28-27(29(34)11-12-32(34)38)10-9-23-21-25(37)13-16-33(23,28)2/h9,15,19,22,24,27-30,32,36,38H,3-8,10-14,16-18,20-21H2,1-2H3/t27?,28?,29?,30?,32?,33-,34+/m0/s1. The number of carbonyl (C=O) groups is 1. The molecule has 7 atom stereocenters. The highest BCUT2D eigenvalue weighted by Gasteiger charge is 2.60. The number of ketones is 1. The molecule has 5 aliphatic carbocycles. The molecule has 6 rings (SSSR count). The zero-order valence-corrected chi connectivity index (χ0v) is 24.3. The largest absolute Gasteiger partial charge is 0.493 e. The van der Waals surface area contributed by atoms with Gasteiger partial charge in [-0.25, -0.2) is 0 Å². The third-order valence-electron chi connectivity index (χ3n) is 12.0. The summed E-state index contributed by atoms with van der Waals surface area (Å²) in [7, 11) is 0. The maximum absolute atomic E-state index is 12.2. The van der Waals surface area contributed by atoms with Gasteiger partial charge in [0.15, 0.2) is 0 Å². The molecule has 1 heterocycles. The number of carbonyl (C=O) groups excluding carboxylic acids is 1. The third-order valence-corrected chi connectivity index (χ3v) is 12.0. The molecule has 2 N–H and O–H groups in total. The van der Waals surface area contributed by atoms with Gasteiger partial charge in [0.1, 0.15) is 11.5 Å². The summed E-state index contributed by atoms with van der Waals surface area (Å²) in [5.74, 6) is 3.16. The van der Waals surface area contributed by atoms with Crippen molar-refractivity contribution in [2.75, 3.05) is 6.61 Å². The fourth-order valence-electron chi connectivity index (χ4n) is 9.77. The Hall–Kier alpha value is -1.72. The zero-order chi connectivity index (χ0) is 27.0. The normalized spacial score (nSPS) is 37.4. The van der Waals surface area contributed by atoms with Gasteiger partial charge >= 0.3 is 0 Å². The molecular formula is C34H50N2O3. The molecule has 4 saturated carbocycles. The lowest BCUT2D eigenvalue weighted by Crippen LogP contribution is -2.52. The minimum Gasteiger partial charge on any atom is -0.493 e. The number of pyridine rings is 1. The zero-order valence-electron chi connectivity index (χ0n) is 24.3. The molecule has 214 valence electrons. The van der Waals surface area contributed by atoms with Gasteiger partial charge in [0.2, 0.25) is 0 Å². The van der Waals surface area contributed by atoms with E-state index in [4.69, 9.17) is 9.72 Å². The van der Waals surface area contributed by atoms with Gasteiger partial charge in [-0.1, -0.05) is 44.8 Å². The molecular weight excluding hydrogens is 484 g/mol. The monoisotopic (exact) mass is 534 g/mol. The number of ether oxygens (including phenoxy) is 1. The van der Waals surface area contributed by atoms with Crippen molar-refractivity contribution in [3.05, 3.63) is 35.7 Å². The summed E-state index contributed by atoms with van der Waals surface area (Å²) in [5.41, 5.74) is 2.66. The molecule has 4 fully saturated rings. The number of aromatic nitrogens is 1. The Bertz CT molecular complexity index is 1060. The van der Waals surface area contributed by atoms with Crippen molar-refractivity contribution in [1.82, 2.24) is 10.3 Å². The summed E-state index contributed by atoms with van der Waals surface area (Å²) < 4.78 is 6.41. The molecule has 0 aliphatic heterocycles. The number of fused-ring (bicyclic) bond motifs is 5. The average Bonchev–Trinajstić information content (AvgIpc) is 3.29. The van der Waals surface area contributed by atoms with Gasteiger partial charge in [-0.15, -0.1) is 0 Å². The second-order valence-electron chi connectivity index (χ2n) is 13.8. The van der Waals surface area contributed by atoms with Gasteiger partial charge in [-0.2, -0.15) is 0 Å². The summed E-state index contributed by atoms with van der Waals surface area (Å²) in [5, 5.41) is 15.2. The van der Waals surface area contributed by atoms with Crippen LogP contribution in [0.15, 0.2) is 30.0 Å². The van der Waals surface area contributed by atoms with Gasteiger partial charge in [-0.3, -0.25) is 9.78 Å². The van der Waals surface area contributed by atoms with Gasteiger partial charge < -0.3 is 15.2 Å². The van der Waals surface area contributed by atoms with E-state index in [0.717, 1.165) is 62.8 Å². The first-order chi connectivity index (χ1) is 18.9. The van der Waals surface area contributed by atoms with Crippen LogP contribution in [0, 0.1) is 28.6 Å². The van der Waals surface area contributed by atoms with Crippen LogP contribution >= 0.6 is 0 Å². The van der Waals surface area contributed by atoms with Crippen molar-refractivity contribution in [3.63, 3.8) is 0 Å². The second kappa shape index (κ2) is 11.3. The molecule has 39 heavy (non-hydrogen) atoms. The summed E-state index contributed by atoms with van der Waals surface area (Å²) in [6.07, 6.45) is 20.4. The molecule has 0 aromatic carbocycles. The number of Topliss-reactive ketones (excluding diaryl/α,β-unsaturated/α-hetero) is 1. The van der Waals surface area contributed by atoms with Crippen molar-refractivity contribution in [2.45, 2.75) is 128 Å². The van der Waals surface area contributed by atoms with E-state index in [9.17, 15) is 9.90 Å². The lowest BCUT2D eigenvalue weighted by molar-refractivity contribution is -0.123. The Kier molecular flexibility index (Phi) is 7.94. The Morgan fingerprint density at radius 3 is 2.79 bits per heavy atom. The lowest BCUT2D eigenvalue weighted by Gasteiger charge is -2.57. The molecule has 0 bridgehead atoms. The molecule has 5 unspecified atom stereocenters. The Morgan fingerprint density at radius 2 is 1.97 bits per heavy atom. The molecule has 0 radical (unpaired) electrons. The second-order valence-corrected chi connectivity index (χ2v) is 13.8. The van der Waals surface area contributed by atoms with Crippen molar-refractivity contribution >= 4 is 5.78 Å². The summed E-state index contributed by atoms with van der Waals surface area (Å²) in [4.78, 5) is 16.9. The Balaban J connectivity index is 1.12. The number of nitrogens with one attached hydrogen (secondary N) is 1. The number of hydrogen-bond donors (Lipinski definition) is 2. The fraction of sp³-hybridized carbons (Fsp3) is 0.765. The number of hydrogen-bond acceptors (Lipinski definition) is 5. The highest BCUT2D eigenvalue weighted by Crippen LogP contribution is 2.65. The minimum atomic E-state index is -0.227. The number of aliphatic hydroxyl groups is 1. The minimum absolute atomic E-state index is 0.0301. The van der Waals surface area contributed by atoms with Crippen LogP contribution in [-0.2, 0) is 4.79 Å². The van der Waals surface area contributed by atoms with E-state index < -0.39 is 0 Å². The van der Waals surface area contributed by atoms with Crippen LogP contribution in [0.2, 0.25) is 0 Å². The summed E-state index contributed by atoms with van der Waals surface area (Å²) in [6, 6.07) is 5.01. The first-order valence-electron chi connectivity index (χ1n) is 16.2. The number of rotatable bonds is 8. The molecule has 5 heteroatoms. The molecule has 0 saturated heterocycles. The topological polar surface area (TPSA) is 71.5 Å². The van der Waals surface area contributed by atoms with Crippen LogP contribution in [0.4, 0.5) is 0 Å². The maximum Gasteiger partial charge on any atom is 0.136 e. The molecule has 0 spiro atoms. The molecule has 0 amide bonds. The maximum atomic E-state index is 12.2. The third kappa shape index (κ3) is 5.12. The van der Waals surface area contributed by atoms with E-state index in [1.165, 1.54) is 44.1 Å². The summed E-state index contributed by atoms with van der Waals surface area (Å²) >= 11 is 0. The Labute approximate surface area is 235 Å². The van der Waals surface area contributed by atoms with Gasteiger partial charge in [-0.05, 0) is 93.4 Å². The van der Waals surface area contributed by atoms with E-state index in [2.05, 4.69) is 31.3 Å². The van der Waals surface area contributed by atoms with Gasteiger partial charge in [0, 0.05) is 42.6 Å². The van der Waals surface area contributed by atoms with Crippen LogP contribution in [-0.4, -0.2) is 34.6 Å². The smallest absolute Gasteiger partial charge is 0.136 e. The van der Waals surface area contributed by atoms with Gasteiger partial charge in [0.05, 0.1) is 18.4 Å². The number of allylic oxidation sites excluding steroid dienone is 2. The summed E-state index contributed by atoms with van der Waals surface area (Å²) in [6.45, 7) is 5.33. The van der Waals surface area contributed by atoms with Crippen molar-refractivity contribution in [3.8, 4) is 5.75 Å². The lowest BCUT2D eigenvalue weighted by atomic mass is 9.47. The SMILES string of the molecule is CCC(NC1CCCCC1)c1cc(OCC[C@]23CCC4C(CC=C5CC(=O)CC[C@@]54C)C2CCC3O)ccn1. The van der Waals surface area contributed by atoms with Gasteiger partial charge in [0.25, 0.3) is 0 Å². The van der Waals surface area contributed by atoms with Crippen LogP contribution in [0.5, 0.6) is 5.75 Å². The molecule has 1 aromatic heterocycles. The van der Waals surface area contributed by atoms with E-state index in [1.54, 1.807) is 0 Å².